The Kier molecular flexibility index (Phi) is 5.09. The number of amides is 2. The Morgan fingerprint density at radius 3 is 2.57 bits per heavy atom. The number of carbonyl (C=O) groups is 2. The molecule has 1 aromatic carbocycles. The summed E-state index contributed by atoms with van der Waals surface area (Å²) in [6, 6.07) is 9.83. The first kappa shape index (κ1) is 16.2. The van der Waals surface area contributed by atoms with Crippen molar-refractivity contribution in [1.29, 1.82) is 0 Å². The van der Waals surface area contributed by atoms with Crippen LogP contribution in [0.1, 0.15) is 27.8 Å². The molecule has 0 radical (unpaired) electrons. The standard InChI is InChI=1S/C17H18N4O2/c1-3-11(2)20-16(22)12-8-9-15(19-10-12)17(23)21-14-7-5-4-6-13(14)18/h3-11H,1,18H2,2H3,(H,20,22)(H,21,23). The van der Waals surface area contributed by atoms with Gasteiger partial charge in [0.05, 0.1) is 16.9 Å². The molecule has 0 aliphatic carbocycles. The van der Waals surface area contributed by atoms with Crippen molar-refractivity contribution >= 4 is 23.2 Å². The fraction of sp³-hybridized carbons (Fsp3) is 0.118. The molecule has 0 spiro atoms. The van der Waals surface area contributed by atoms with Crippen LogP contribution in [-0.4, -0.2) is 22.8 Å². The molecule has 0 aliphatic heterocycles. The predicted molar refractivity (Wildman–Crippen MR) is 90.2 cm³/mol. The lowest BCUT2D eigenvalue weighted by molar-refractivity contribution is 0.0944. The van der Waals surface area contributed by atoms with E-state index < -0.39 is 5.91 Å². The van der Waals surface area contributed by atoms with Crippen LogP contribution in [0.2, 0.25) is 0 Å². The van der Waals surface area contributed by atoms with Crippen LogP contribution in [0, 0.1) is 0 Å². The molecule has 2 aromatic rings. The Morgan fingerprint density at radius 1 is 1.22 bits per heavy atom. The molecule has 1 heterocycles. The number of nitrogens with one attached hydrogen (secondary N) is 2. The molecule has 1 unspecified atom stereocenters. The monoisotopic (exact) mass is 310 g/mol. The van der Waals surface area contributed by atoms with Crippen molar-refractivity contribution < 1.29 is 9.59 Å². The number of aromatic nitrogens is 1. The average Bonchev–Trinajstić information content (AvgIpc) is 2.56. The molecular weight excluding hydrogens is 292 g/mol. The minimum Gasteiger partial charge on any atom is -0.397 e. The zero-order valence-corrected chi connectivity index (χ0v) is 12.7. The maximum absolute atomic E-state index is 12.1. The second-order valence-electron chi connectivity index (χ2n) is 4.97. The van der Waals surface area contributed by atoms with E-state index in [0.29, 0.717) is 16.9 Å². The molecular formula is C17H18N4O2. The first-order valence-electron chi connectivity index (χ1n) is 7.06. The number of pyridine rings is 1. The lowest BCUT2D eigenvalue weighted by atomic mass is 10.2. The minimum atomic E-state index is -0.394. The third-order valence-corrected chi connectivity index (χ3v) is 3.18. The summed E-state index contributed by atoms with van der Waals surface area (Å²) in [4.78, 5) is 28.1. The molecule has 0 saturated carbocycles. The van der Waals surface area contributed by atoms with Crippen molar-refractivity contribution in [1.82, 2.24) is 10.3 Å². The summed E-state index contributed by atoms with van der Waals surface area (Å²) in [6.07, 6.45) is 2.98. The van der Waals surface area contributed by atoms with Gasteiger partial charge in [-0.3, -0.25) is 14.6 Å². The van der Waals surface area contributed by atoms with Gasteiger partial charge >= 0.3 is 0 Å². The van der Waals surface area contributed by atoms with E-state index in [2.05, 4.69) is 22.2 Å². The summed E-state index contributed by atoms with van der Waals surface area (Å²) >= 11 is 0. The van der Waals surface area contributed by atoms with Gasteiger partial charge in [-0.1, -0.05) is 18.2 Å². The Hall–Kier alpha value is -3.15. The molecule has 23 heavy (non-hydrogen) atoms. The highest BCUT2D eigenvalue weighted by atomic mass is 16.2. The van der Waals surface area contributed by atoms with E-state index in [1.165, 1.54) is 12.3 Å². The zero-order chi connectivity index (χ0) is 16.8. The lowest BCUT2D eigenvalue weighted by Gasteiger charge is -2.10. The number of para-hydroxylation sites is 2. The number of nitrogens with zero attached hydrogens (tertiary/aromatic N) is 1. The average molecular weight is 310 g/mol. The fourth-order valence-electron chi connectivity index (χ4n) is 1.81. The summed E-state index contributed by atoms with van der Waals surface area (Å²) in [6.45, 7) is 5.41. The predicted octanol–water partition coefficient (Wildman–Crippen LogP) is 2.22. The van der Waals surface area contributed by atoms with E-state index in [4.69, 9.17) is 5.73 Å². The largest absolute Gasteiger partial charge is 0.397 e. The van der Waals surface area contributed by atoms with Crippen LogP contribution in [0.15, 0.2) is 55.3 Å². The molecule has 2 amide bonds. The second kappa shape index (κ2) is 7.22. The van der Waals surface area contributed by atoms with Crippen molar-refractivity contribution in [2.24, 2.45) is 0 Å². The number of anilines is 2. The highest BCUT2D eigenvalue weighted by molar-refractivity contribution is 6.04. The van der Waals surface area contributed by atoms with Gasteiger partial charge in [-0.15, -0.1) is 6.58 Å². The maximum atomic E-state index is 12.1. The third-order valence-electron chi connectivity index (χ3n) is 3.18. The van der Waals surface area contributed by atoms with Crippen LogP contribution in [0.25, 0.3) is 0 Å². The van der Waals surface area contributed by atoms with E-state index >= 15 is 0 Å². The maximum Gasteiger partial charge on any atom is 0.274 e. The number of nitrogen functional groups attached to an aromatic ring is 1. The molecule has 0 fully saturated rings. The molecule has 118 valence electrons. The molecule has 6 nitrogen and oxygen atoms in total. The SMILES string of the molecule is C=CC(C)NC(=O)c1ccc(C(=O)Nc2ccccc2N)nc1. The van der Waals surface area contributed by atoms with Gasteiger partial charge in [0.25, 0.3) is 11.8 Å². The van der Waals surface area contributed by atoms with Gasteiger partial charge in [0.15, 0.2) is 0 Å². The van der Waals surface area contributed by atoms with Crippen LogP contribution in [0.4, 0.5) is 11.4 Å². The number of benzene rings is 1. The number of hydrogen-bond acceptors (Lipinski definition) is 4. The summed E-state index contributed by atoms with van der Waals surface area (Å²) in [5.74, 6) is -0.668. The Morgan fingerprint density at radius 2 is 1.96 bits per heavy atom. The lowest BCUT2D eigenvalue weighted by Crippen LogP contribution is -2.31. The van der Waals surface area contributed by atoms with Gasteiger partial charge in [-0.25, -0.2) is 0 Å². The van der Waals surface area contributed by atoms with Crippen molar-refractivity contribution in [2.75, 3.05) is 11.1 Å². The summed E-state index contributed by atoms with van der Waals surface area (Å²) in [5.41, 5.74) is 7.32. The molecule has 1 atom stereocenters. The zero-order valence-electron chi connectivity index (χ0n) is 12.7. The second-order valence-corrected chi connectivity index (χ2v) is 4.97. The van der Waals surface area contributed by atoms with Crippen molar-refractivity contribution in [3.05, 3.63) is 66.5 Å². The number of hydrogen-bond donors (Lipinski definition) is 3. The first-order chi connectivity index (χ1) is 11.0. The Labute approximate surface area is 134 Å². The van der Waals surface area contributed by atoms with E-state index in [0.717, 1.165) is 0 Å². The number of carbonyl (C=O) groups excluding carboxylic acids is 2. The first-order valence-corrected chi connectivity index (χ1v) is 7.06. The smallest absolute Gasteiger partial charge is 0.274 e. The minimum absolute atomic E-state index is 0.147. The van der Waals surface area contributed by atoms with Gasteiger partial charge in [-0.2, -0.15) is 0 Å². The summed E-state index contributed by atoms with van der Waals surface area (Å²) in [5, 5.41) is 5.40. The number of nitrogens with two attached hydrogens (primary N) is 1. The van der Waals surface area contributed by atoms with Crippen LogP contribution < -0.4 is 16.4 Å². The van der Waals surface area contributed by atoms with E-state index in [-0.39, 0.29) is 17.6 Å². The van der Waals surface area contributed by atoms with Crippen molar-refractivity contribution in [3.8, 4) is 0 Å². The van der Waals surface area contributed by atoms with Gasteiger partial charge in [0.2, 0.25) is 0 Å². The summed E-state index contributed by atoms with van der Waals surface area (Å²) < 4.78 is 0. The van der Waals surface area contributed by atoms with Crippen LogP contribution in [-0.2, 0) is 0 Å². The molecule has 0 saturated heterocycles. The molecule has 4 N–H and O–H groups in total. The van der Waals surface area contributed by atoms with Gasteiger partial charge in [0.1, 0.15) is 5.69 Å². The highest BCUT2D eigenvalue weighted by Gasteiger charge is 2.12. The highest BCUT2D eigenvalue weighted by Crippen LogP contribution is 2.17. The topological polar surface area (TPSA) is 97.1 Å². The Bertz CT molecular complexity index is 726. The van der Waals surface area contributed by atoms with E-state index in [1.807, 2.05) is 6.92 Å². The van der Waals surface area contributed by atoms with E-state index in [9.17, 15) is 9.59 Å². The molecule has 0 bridgehead atoms. The number of rotatable bonds is 5. The normalized spacial score (nSPS) is 11.3. The van der Waals surface area contributed by atoms with Gasteiger partial charge < -0.3 is 16.4 Å². The van der Waals surface area contributed by atoms with Gasteiger partial charge in [0, 0.05) is 12.2 Å². The fourth-order valence-corrected chi connectivity index (χ4v) is 1.81. The van der Waals surface area contributed by atoms with Crippen molar-refractivity contribution in [2.45, 2.75) is 13.0 Å². The van der Waals surface area contributed by atoms with Crippen LogP contribution in [0.5, 0.6) is 0 Å². The molecule has 1 aromatic heterocycles. The quantitative estimate of drug-likeness (QED) is 0.582. The molecule has 0 aliphatic rings. The van der Waals surface area contributed by atoms with Crippen molar-refractivity contribution in [3.63, 3.8) is 0 Å². The summed E-state index contributed by atoms with van der Waals surface area (Å²) in [7, 11) is 0. The Balaban J connectivity index is 2.07. The van der Waals surface area contributed by atoms with Crippen LogP contribution >= 0.6 is 0 Å². The molecule has 6 heteroatoms. The third kappa shape index (κ3) is 4.16. The van der Waals surface area contributed by atoms with Crippen LogP contribution in [0.3, 0.4) is 0 Å². The molecule has 2 rings (SSSR count). The van der Waals surface area contributed by atoms with Gasteiger partial charge in [-0.05, 0) is 31.2 Å². The van der Waals surface area contributed by atoms with E-state index in [1.54, 1.807) is 36.4 Å².